The molecule has 0 bridgehead atoms. The van der Waals surface area contributed by atoms with Gasteiger partial charge >= 0.3 is 0 Å². The van der Waals surface area contributed by atoms with Crippen LogP contribution in [0.1, 0.15) is 26.3 Å². The Balaban J connectivity index is 2.84. The SMILES string of the molecule is CCN(CC(=O)NC(C)C)c1cnccc1C#N. The van der Waals surface area contributed by atoms with E-state index in [1.807, 2.05) is 25.7 Å². The molecule has 0 unspecified atom stereocenters. The van der Waals surface area contributed by atoms with Crippen LogP contribution in [0.3, 0.4) is 0 Å². The average molecular weight is 246 g/mol. The Labute approximate surface area is 107 Å². The number of nitriles is 1. The molecule has 0 saturated heterocycles. The van der Waals surface area contributed by atoms with E-state index in [4.69, 9.17) is 5.26 Å². The van der Waals surface area contributed by atoms with Gasteiger partial charge < -0.3 is 10.2 Å². The van der Waals surface area contributed by atoms with Gasteiger partial charge in [-0.2, -0.15) is 5.26 Å². The zero-order chi connectivity index (χ0) is 13.5. The van der Waals surface area contributed by atoms with Crippen LogP contribution in [-0.4, -0.2) is 30.0 Å². The molecule has 18 heavy (non-hydrogen) atoms. The fourth-order valence-electron chi connectivity index (χ4n) is 1.64. The van der Waals surface area contributed by atoms with E-state index in [-0.39, 0.29) is 18.5 Å². The number of nitrogens with zero attached hydrogens (tertiary/aromatic N) is 3. The molecule has 1 rings (SSSR count). The molecular weight excluding hydrogens is 228 g/mol. The molecular formula is C13H18N4O. The molecule has 0 aliphatic heterocycles. The smallest absolute Gasteiger partial charge is 0.239 e. The maximum Gasteiger partial charge on any atom is 0.239 e. The maximum absolute atomic E-state index is 11.7. The highest BCUT2D eigenvalue weighted by atomic mass is 16.2. The summed E-state index contributed by atoms with van der Waals surface area (Å²) in [6.07, 6.45) is 3.19. The van der Waals surface area contributed by atoms with Crippen molar-refractivity contribution in [2.45, 2.75) is 26.8 Å². The number of aromatic nitrogens is 1. The third-order valence-electron chi connectivity index (χ3n) is 2.43. The Hall–Kier alpha value is -2.09. The Kier molecular flexibility index (Phi) is 5.12. The molecule has 5 heteroatoms. The lowest BCUT2D eigenvalue weighted by Gasteiger charge is -2.23. The van der Waals surface area contributed by atoms with Crippen LogP contribution in [0.5, 0.6) is 0 Å². The lowest BCUT2D eigenvalue weighted by molar-refractivity contribution is -0.120. The number of amides is 1. The van der Waals surface area contributed by atoms with E-state index in [2.05, 4.69) is 16.4 Å². The van der Waals surface area contributed by atoms with Gasteiger partial charge in [-0.3, -0.25) is 9.78 Å². The summed E-state index contributed by atoms with van der Waals surface area (Å²) in [4.78, 5) is 17.6. The molecule has 0 atom stereocenters. The van der Waals surface area contributed by atoms with Crippen LogP contribution in [0.15, 0.2) is 18.5 Å². The van der Waals surface area contributed by atoms with Crippen molar-refractivity contribution in [2.75, 3.05) is 18.0 Å². The first-order valence-corrected chi connectivity index (χ1v) is 5.96. The second-order valence-corrected chi connectivity index (χ2v) is 4.24. The number of anilines is 1. The van der Waals surface area contributed by atoms with E-state index < -0.39 is 0 Å². The summed E-state index contributed by atoms with van der Waals surface area (Å²) < 4.78 is 0. The molecule has 1 amide bonds. The summed E-state index contributed by atoms with van der Waals surface area (Å²) in [5.41, 5.74) is 1.23. The molecule has 0 radical (unpaired) electrons. The van der Waals surface area contributed by atoms with Crippen LogP contribution in [0.25, 0.3) is 0 Å². The van der Waals surface area contributed by atoms with E-state index >= 15 is 0 Å². The second kappa shape index (κ2) is 6.60. The molecule has 1 heterocycles. The van der Waals surface area contributed by atoms with Gasteiger partial charge in [-0.05, 0) is 26.8 Å². The second-order valence-electron chi connectivity index (χ2n) is 4.24. The Bertz CT molecular complexity index is 451. The highest BCUT2D eigenvalue weighted by molar-refractivity contribution is 5.82. The molecule has 0 saturated carbocycles. The van der Waals surface area contributed by atoms with Gasteiger partial charge in [0, 0.05) is 18.8 Å². The third kappa shape index (κ3) is 3.74. The number of nitrogens with one attached hydrogen (secondary N) is 1. The molecule has 0 aliphatic carbocycles. The van der Waals surface area contributed by atoms with Gasteiger partial charge in [-0.15, -0.1) is 0 Å². The van der Waals surface area contributed by atoms with Crippen molar-refractivity contribution in [3.63, 3.8) is 0 Å². The van der Waals surface area contributed by atoms with Crippen molar-refractivity contribution < 1.29 is 4.79 Å². The van der Waals surface area contributed by atoms with Crippen LogP contribution in [0, 0.1) is 11.3 Å². The minimum atomic E-state index is -0.0559. The van der Waals surface area contributed by atoms with Crippen LogP contribution in [-0.2, 0) is 4.79 Å². The monoisotopic (exact) mass is 246 g/mol. The van der Waals surface area contributed by atoms with E-state index in [0.29, 0.717) is 17.8 Å². The van der Waals surface area contributed by atoms with Gasteiger partial charge in [0.2, 0.25) is 5.91 Å². The average Bonchev–Trinajstić information content (AvgIpc) is 2.35. The molecule has 0 spiro atoms. The number of likely N-dealkylation sites (N-methyl/N-ethyl adjacent to an activating group) is 1. The number of carbonyl (C=O) groups is 1. The zero-order valence-electron chi connectivity index (χ0n) is 11.0. The summed E-state index contributed by atoms with van der Waals surface area (Å²) in [7, 11) is 0. The molecule has 1 N–H and O–H groups in total. The van der Waals surface area contributed by atoms with Gasteiger partial charge in [-0.1, -0.05) is 0 Å². The molecule has 96 valence electrons. The van der Waals surface area contributed by atoms with Crippen LogP contribution >= 0.6 is 0 Å². The van der Waals surface area contributed by atoms with Gasteiger partial charge in [0.25, 0.3) is 0 Å². The van der Waals surface area contributed by atoms with Crippen molar-refractivity contribution in [1.29, 1.82) is 5.26 Å². The van der Waals surface area contributed by atoms with Gasteiger partial charge in [0.05, 0.1) is 24.0 Å². The van der Waals surface area contributed by atoms with Crippen molar-refractivity contribution in [3.05, 3.63) is 24.0 Å². The fourth-order valence-corrected chi connectivity index (χ4v) is 1.64. The van der Waals surface area contributed by atoms with E-state index in [1.165, 1.54) is 0 Å². The summed E-state index contributed by atoms with van der Waals surface area (Å²) in [5, 5.41) is 11.9. The standard InChI is InChI=1S/C13H18N4O/c1-4-17(9-13(18)16-10(2)3)12-8-15-6-5-11(12)7-14/h5-6,8,10H,4,9H2,1-3H3,(H,16,18). The first-order chi connectivity index (χ1) is 8.58. The summed E-state index contributed by atoms with van der Waals surface area (Å²) >= 11 is 0. The summed E-state index contributed by atoms with van der Waals surface area (Å²) in [6, 6.07) is 3.87. The summed E-state index contributed by atoms with van der Waals surface area (Å²) in [5.74, 6) is -0.0559. The maximum atomic E-state index is 11.7. The van der Waals surface area contributed by atoms with Gasteiger partial charge in [0.1, 0.15) is 6.07 Å². The Morgan fingerprint density at radius 1 is 1.61 bits per heavy atom. The fraction of sp³-hybridized carbons (Fsp3) is 0.462. The quantitative estimate of drug-likeness (QED) is 0.850. The van der Waals surface area contributed by atoms with Crippen molar-refractivity contribution in [2.24, 2.45) is 0 Å². The molecule has 0 fully saturated rings. The zero-order valence-corrected chi connectivity index (χ0v) is 11.0. The van der Waals surface area contributed by atoms with E-state index in [1.54, 1.807) is 18.5 Å². The predicted octanol–water partition coefficient (Wildman–Crippen LogP) is 1.30. The lowest BCUT2D eigenvalue weighted by atomic mass is 10.2. The number of carbonyl (C=O) groups excluding carboxylic acids is 1. The molecule has 1 aromatic rings. The molecule has 1 aromatic heterocycles. The number of pyridine rings is 1. The van der Waals surface area contributed by atoms with Crippen LogP contribution < -0.4 is 10.2 Å². The van der Waals surface area contributed by atoms with Crippen LogP contribution in [0.4, 0.5) is 5.69 Å². The third-order valence-corrected chi connectivity index (χ3v) is 2.43. The highest BCUT2D eigenvalue weighted by Crippen LogP contribution is 2.17. The topological polar surface area (TPSA) is 69.0 Å². The predicted molar refractivity (Wildman–Crippen MR) is 70.1 cm³/mol. The number of hydrogen-bond donors (Lipinski definition) is 1. The first kappa shape index (κ1) is 14.0. The molecule has 0 aliphatic rings. The highest BCUT2D eigenvalue weighted by Gasteiger charge is 2.13. The van der Waals surface area contributed by atoms with Gasteiger partial charge in [-0.25, -0.2) is 0 Å². The first-order valence-electron chi connectivity index (χ1n) is 5.96. The van der Waals surface area contributed by atoms with E-state index in [9.17, 15) is 4.79 Å². The number of hydrogen-bond acceptors (Lipinski definition) is 4. The van der Waals surface area contributed by atoms with Crippen LogP contribution in [0.2, 0.25) is 0 Å². The minimum absolute atomic E-state index is 0.0559. The van der Waals surface area contributed by atoms with Crippen molar-refractivity contribution in [1.82, 2.24) is 10.3 Å². The Morgan fingerprint density at radius 2 is 2.33 bits per heavy atom. The molecule has 0 aromatic carbocycles. The Morgan fingerprint density at radius 3 is 2.89 bits per heavy atom. The summed E-state index contributed by atoms with van der Waals surface area (Å²) in [6.45, 7) is 6.65. The normalized spacial score (nSPS) is 9.94. The van der Waals surface area contributed by atoms with Crippen molar-refractivity contribution >= 4 is 11.6 Å². The lowest BCUT2D eigenvalue weighted by Crippen LogP contribution is -2.40. The number of rotatable bonds is 5. The largest absolute Gasteiger partial charge is 0.360 e. The van der Waals surface area contributed by atoms with Crippen molar-refractivity contribution in [3.8, 4) is 6.07 Å². The minimum Gasteiger partial charge on any atom is -0.360 e. The van der Waals surface area contributed by atoms with E-state index in [0.717, 1.165) is 0 Å². The molecule has 5 nitrogen and oxygen atoms in total. The van der Waals surface area contributed by atoms with Gasteiger partial charge in [0.15, 0.2) is 0 Å².